The summed E-state index contributed by atoms with van der Waals surface area (Å²) in [5, 5.41) is 9.05. The van der Waals surface area contributed by atoms with Crippen molar-refractivity contribution in [3.8, 4) is 0 Å². The molecule has 0 spiro atoms. The molecule has 4 heteroatoms. The molecule has 1 rings (SSSR count). The normalized spacial score (nSPS) is 22.8. The largest absolute Gasteiger partial charge is 0.598 e. The highest BCUT2D eigenvalue weighted by Crippen LogP contribution is 2.33. The Labute approximate surface area is 83.2 Å². The molecule has 0 saturated heterocycles. The smallest absolute Gasteiger partial charge is 0.136 e. The number of aliphatic hydroxyl groups is 1. The van der Waals surface area contributed by atoms with E-state index in [9.17, 15) is 4.55 Å². The van der Waals surface area contributed by atoms with Crippen LogP contribution in [0.25, 0.3) is 0 Å². The van der Waals surface area contributed by atoms with Gasteiger partial charge in [0.2, 0.25) is 0 Å². The first kappa shape index (κ1) is 11.3. The lowest BCUT2D eigenvalue weighted by Gasteiger charge is -2.27. The topological polar surface area (TPSA) is 55.3 Å². The third kappa shape index (κ3) is 3.46. The molecule has 1 aliphatic rings. The van der Waals surface area contributed by atoms with Gasteiger partial charge in [0.1, 0.15) is 4.75 Å². The van der Waals surface area contributed by atoms with Gasteiger partial charge in [0.05, 0.1) is 12.6 Å². The van der Waals surface area contributed by atoms with Crippen LogP contribution in [-0.4, -0.2) is 27.1 Å². The fourth-order valence-electron chi connectivity index (χ4n) is 1.10. The molecule has 1 aliphatic carbocycles. The Kier molecular flexibility index (Phi) is 3.63. The summed E-state index contributed by atoms with van der Waals surface area (Å²) in [4.78, 5) is 0. The van der Waals surface area contributed by atoms with E-state index >= 15 is 0 Å². The Bertz CT molecular complexity index is 165. The Morgan fingerprint density at radius 1 is 1.54 bits per heavy atom. The van der Waals surface area contributed by atoms with Crippen molar-refractivity contribution < 1.29 is 9.66 Å². The third-order valence-electron chi connectivity index (χ3n) is 2.20. The molecule has 1 saturated carbocycles. The highest BCUT2D eigenvalue weighted by Gasteiger charge is 2.36. The molecule has 3 nitrogen and oxygen atoms in total. The van der Waals surface area contributed by atoms with E-state index in [1.165, 1.54) is 0 Å². The van der Waals surface area contributed by atoms with Gasteiger partial charge < -0.3 is 9.66 Å². The van der Waals surface area contributed by atoms with Crippen molar-refractivity contribution in [2.45, 2.75) is 44.4 Å². The summed E-state index contributed by atoms with van der Waals surface area (Å²) in [6.07, 6.45) is 2.30. The van der Waals surface area contributed by atoms with E-state index in [0.717, 1.165) is 12.8 Å². The minimum Gasteiger partial charge on any atom is -0.598 e. The molecule has 1 fully saturated rings. The standard InChI is InChI=1S/C9H19NO2S/c1-9(2,3)13(12)10-8(6-11)7-4-5-7/h7-8,10-11H,4-6H2,1-3H3/t8-,13-/m1/s1. The van der Waals surface area contributed by atoms with Gasteiger partial charge in [0.15, 0.2) is 0 Å². The van der Waals surface area contributed by atoms with Crippen molar-refractivity contribution in [2.75, 3.05) is 6.61 Å². The molecule has 0 radical (unpaired) electrons. The molecular weight excluding hydrogens is 186 g/mol. The Hall–Kier alpha value is 0.230. The second kappa shape index (κ2) is 4.17. The first-order chi connectivity index (χ1) is 5.95. The maximum atomic E-state index is 11.7. The van der Waals surface area contributed by atoms with Gasteiger partial charge in [-0.15, -0.1) is 4.72 Å². The minimum atomic E-state index is -1.06. The van der Waals surface area contributed by atoms with Crippen molar-refractivity contribution in [1.29, 1.82) is 0 Å². The summed E-state index contributed by atoms with van der Waals surface area (Å²) in [6.45, 7) is 5.87. The van der Waals surface area contributed by atoms with Crippen LogP contribution in [0.1, 0.15) is 33.6 Å². The van der Waals surface area contributed by atoms with Gasteiger partial charge in [0.25, 0.3) is 0 Å². The lowest BCUT2D eigenvalue weighted by atomic mass is 10.2. The summed E-state index contributed by atoms with van der Waals surface area (Å²) in [5.41, 5.74) is 0. The molecule has 0 bridgehead atoms. The maximum absolute atomic E-state index is 11.7. The molecule has 0 aromatic carbocycles. The molecule has 0 unspecified atom stereocenters. The van der Waals surface area contributed by atoms with Gasteiger partial charge in [-0.2, -0.15) is 0 Å². The van der Waals surface area contributed by atoms with E-state index in [2.05, 4.69) is 4.72 Å². The molecule has 78 valence electrons. The van der Waals surface area contributed by atoms with Gasteiger partial charge in [-0.05, 0) is 39.5 Å². The molecule has 2 atom stereocenters. The van der Waals surface area contributed by atoms with E-state index in [1.54, 1.807) is 0 Å². The average Bonchev–Trinajstić information content (AvgIpc) is 2.80. The molecule has 13 heavy (non-hydrogen) atoms. The predicted molar refractivity (Wildman–Crippen MR) is 54.6 cm³/mol. The van der Waals surface area contributed by atoms with E-state index < -0.39 is 11.4 Å². The van der Waals surface area contributed by atoms with E-state index in [-0.39, 0.29) is 17.4 Å². The van der Waals surface area contributed by atoms with Crippen LogP contribution >= 0.6 is 0 Å². The van der Waals surface area contributed by atoms with Crippen LogP contribution in [0.3, 0.4) is 0 Å². The zero-order valence-electron chi connectivity index (χ0n) is 8.54. The van der Waals surface area contributed by atoms with Crippen LogP contribution in [0, 0.1) is 5.92 Å². The van der Waals surface area contributed by atoms with Gasteiger partial charge in [-0.3, -0.25) is 0 Å². The highest BCUT2D eigenvalue weighted by atomic mass is 32.2. The highest BCUT2D eigenvalue weighted by molar-refractivity contribution is 7.90. The van der Waals surface area contributed by atoms with E-state index in [1.807, 2.05) is 20.8 Å². The Morgan fingerprint density at radius 3 is 2.38 bits per heavy atom. The van der Waals surface area contributed by atoms with Gasteiger partial charge in [0, 0.05) is 11.4 Å². The van der Waals surface area contributed by atoms with Crippen LogP contribution in [0.5, 0.6) is 0 Å². The molecule has 2 N–H and O–H groups in total. The molecule has 0 heterocycles. The zero-order chi connectivity index (χ0) is 10.1. The van der Waals surface area contributed by atoms with E-state index in [4.69, 9.17) is 5.11 Å². The maximum Gasteiger partial charge on any atom is 0.136 e. The predicted octanol–water partition coefficient (Wildman–Crippen LogP) is 0.809. The monoisotopic (exact) mass is 205 g/mol. The quantitative estimate of drug-likeness (QED) is 0.668. The first-order valence-corrected chi connectivity index (χ1v) is 5.89. The van der Waals surface area contributed by atoms with Crippen molar-refractivity contribution in [2.24, 2.45) is 5.92 Å². The fourth-order valence-corrected chi connectivity index (χ4v) is 1.99. The van der Waals surface area contributed by atoms with Crippen molar-refractivity contribution in [1.82, 2.24) is 4.72 Å². The van der Waals surface area contributed by atoms with Crippen molar-refractivity contribution >= 4 is 11.4 Å². The zero-order valence-corrected chi connectivity index (χ0v) is 9.36. The number of hydrogen-bond acceptors (Lipinski definition) is 3. The average molecular weight is 205 g/mol. The number of rotatable bonds is 4. The van der Waals surface area contributed by atoms with Crippen molar-refractivity contribution in [3.63, 3.8) is 0 Å². The summed E-state index contributed by atoms with van der Waals surface area (Å²) in [5.74, 6) is 0.538. The lowest BCUT2D eigenvalue weighted by molar-refractivity contribution is 0.243. The van der Waals surface area contributed by atoms with Crippen LogP contribution in [0.15, 0.2) is 0 Å². The van der Waals surface area contributed by atoms with Crippen molar-refractivity contribution in [3.05, 3.63) is 0 Å². The second-order valence-electron chi connectivity index (χ2n) is 4.63. The summed E-state index contributed by atoms with van der Waals surface area (Å²) in [7, 11) is 0. The molecule has 0 aromatic rings. The fraction of sp³-hybridized carbons (Fsp3) is 1.00. The minimum absolute atomic E-state index is 0.0278. The summed E-state index contributed by atoms with van der Waals surface area (Å²) < 4.78 is 14.4. The van der Waals surface area contributed by atoms with Gasteiger partial charge >= 0.3 is 0 Å². The summed E-state index contributed by atoms with van der Waals surface area (Å²) >= 11 is -1.06. The lowest BCUT2D eigenvalue weighted by Crippen LogP contribution is -2.47. The molecular formula is C9H19NO2S. The summed E-state index contributed by atoms with van der Waals surface area (Å²) in [6, 6.07) is 0.0278. The first-order valence-electron chi connectivity index (χ1n) is 4.74. The van der Waals surface area contributed by atoms with E-state index in [0.29, 0.717) is 5.92 Å². The number of hydrogen-bond donors (Lipinski definition) is 2. The third-order valence-corrected chi connectivity index (χ3v) is 3.83. The van der Waals surface area contributed by atoms with Gasteiger partial charge in [-0.25, -0.2) is 0 Å². The SMILES string of the molecule is CC(C)(C)[S@@+]([O-])N[C@H](CO)C1CC1. The number of nitrogens with one attached hydrogen (secondary N) is 1. The van der Waals surface area contributed by atoms with Crippen LogP contribution in [0.2, 0.25) is 0 Å². The molecule has 0 aromatic heterocycles. The Morgan fingerprint density at radius 2 is 2.08 bits per heavy atom. The van der Waals surface area contributed by atoms with Gasteiger partial charge in [-0.1, -0.05) is 0 Å². The molecule has 0 aliphatic heterocycles. The number of aliphatic hydroxyl groups excluding tert-OH is 1. The second-order valence-corrected chi connectivity index (χ2v) is 6.62. The Balaban J connectivity index is 2.36. The van der Waals surface area contributed by atoms with Crippen LogP contribution in [0.4, 0.5) is 0 Å². The molecule has 0 amide bonds. The van der Waals surface area contributed by atoms with Crippen LogP contribution in [-0.2, 0) is 11.4 Å². The van der Waals surface area contributed by atoms with Crippen LogP contribution < -0.4 is 4.72 Å².